The molecule has 4 atom stereocenters. The van der Waals surface area contributed by atoms with Crippen molar-refractivity contribution in [2.75, 3.05) is 61.2 Å². The number of amides is 1. The fraction of sp³-hybridized carbons (Fsp3) is 0.524. The molecule has 3 aromatic rings. The van der Waals surface area contributed by atoms with Gasteiger partial charge < -0.3 is 33.9 Å². The lowest BCUT2D eigenvalue weighted by molar-refractivity contribution is -0.158. The highest BCUT2D eigenvalue weighted by Gasteiger charge is 2.58. The number of fused-ring (bicyclic) bond motifs is 3. The third-order valence-corrected chi connectivity index (χ3v) is 11.6. The molecule has 1 saturated carbocycles. The maximum atomic E-state index is 14.8. The highest BCUT2D eigenvalue weighted by Crippen LogP contribution is 2.59. The second kappa shape index (κ2) is 16.6. The van der Waals surface area contributed by atoms with Crippen molar-refractivity contribution < 1.29 is 33.3 Å². The molecule has 10 nitrogen and oxygen atoms in total. The van der Waals surface area contributed by atoms with Crippen LogP contribution in [0.2, 0.25) is 0 Å². The van der Waals surface area contributed by atoms with Crippen LogP contribution in [0.4, 0.5) is 0 Å². The first-order valence-electron chi connectivity index (χ1n) is 18.8. The van der Waals surface area contributed by atoms with Gasteiger partial charge in [0.2, 0.25) is 5.91 Å². The van der Waals surface area contributed by atoms with Gasteiger partial charge in [0.25, 0.3) is 0 Å². The van der Waals surface area contributed by atoms with Crippen LogP contribution in [0, 0.1) is 11.8 Å². The summed E-state index contributed by atoms with van der Waals surface area (Å²) in [7, 11) is 6.66. The molecule has 1 aliphatic carbocycles. The van der Waals surface area contributed by atoms with Crippen molar-refractivity contribution in [3.63, 3.8) is 0 Å². The highest BCUT2D eigenvalue weighted by atomic mass is 16.5. The lowest BCUT2D eigenvalue weighted by Crippen LogP contribution is -2.62. The first-order chi connectivity index (χ1) is 25.3. The van der Waals surface area contributed by atoms with E-state index < -0.39 is 5.54 Å². The van der Waals surface area contributed by atoms with Gasteiger partial charge in [-0.1, -0.05) is 37.3 Å². The van der Waals surface area contributed by atoms with E-state index in [1.807, 2.05) is 25.1 Å². The van der Waals surface area contributed by atoms with Crippen LogP contribution in [0.15, 0.2) is 54.6 Å². The maximum Gasteiger partial charge on any atom is 0.308 e. The number of methoxy groups -OCH3 is 4. The Morgan fingerprint density at radius 1 is 0.846 bits per heavy atom. The summed E-state index contributed by atoms with van der Waals surface area (Å²) >= 11 is 0. The molecule has 0 saturated heterocycles. The number of benzene rings is 3. The Morgan fingerprint density at radius 3 is 2.17 bits per heavy atom. The molecule has 6 rings (SSSR count). The number of hydrogen-bond acceptors (Lipinski definition) is 9. The predicted molar refractivity (Wildman–Crippen MR) is 200 cm³/mol. The standard InChI is InChI=1S/C42H55N3O7/c1-7-44-20-16-29-23-35(48-3)37(50-5)25-32(29)40(44)34-22-31(41(47)52-8-2)14-18-42(34)33-26-38(51-6)36(49-4)24-30(33)17-21-45(42)39(46)15-19-43-27-28-12-10-9-11-13-28/h9-13,23-26,31,34,40,43H,7-8,14-22,27H2,1-6H3. The molecule has 1 N–H and O–H groups in total. The SMILES string of the molecule is CCOC(=O)C1CCC2(c3cc(OC)c(OC)cc3CCN2C(=O)CCNCc2ccccc2)C(C2c3cc(OC)c(OC)cc3CCN2CC)C1. The van der Waals surface area contributed by atoms with Crippen molar-refractivity contribution in [1.29, 1.82) is 0 Å². The van der Waals surface area contributed by atoms with Crippen LogP contribution in [0.25, 0.3) is 0 Å². The summed E-state index contributed by atoms with van der Waals surface area (Å²) < 4.78 is 29.0. The van der Waals surface area contributed by atoms with E-state index in [1.54, 1.807) is 28.4 Å². The number of carbonyl (C=O) groups is 2. The van der Waals surface area contributed by atoms with E-state index in [2.05, 4.69) is 58.4 Å². The molecular weight excluding hydrogens is 658 g/mol. The van der Waals surface area contributed by atoms with Crippen molar-refractivity contribution in [2.24, 2.45) is 11.8 Å². The van der Waals surface area contributed by atoms with Crippen molar-refractivity contribution in [1.82, 2.24) is 15.1 Å². The zero-order valence-corrected chi connectivity index (χ0v) is 31.7. The molecule has 2 aliphatic heterocycles. The summed E-state index contributed by atoms with van der Waals surface area (Å²) in [5, 5.41) is 3.50. The van der Waals surface area contributed by atoms with Crippen molar-refractivity contribution in [2.45, 2.75) is 70.5 Å². The second-order valence-corrected chi connectivity index (χ2v) is 14.1. The summed E-state index contributed by atoms with van der Waals surface area (Å²) in [6.45, 7) is 7.86. The minimum Gasteiger partial charge on any atom is -0.493 e. The first kappa shape index (κ1) is 37.5. The Labute approximate surface area is 308 Å². The number of esters is 1. The van der Waals surface area contributed by atoms with Gasteiger partial charge in [0.1, 0.15) is 0 Å². The van der Waals surface area contributed by atoms with Crippen LogP contribution < -0.4 is 24.3 Å². The van der Waals surface area contributed by atoms with E-state index >= 15 is 0 Å². The van der Waals surface area contributed by atoms with E-state index in [0.29, 0.717) is 81.3 Å². The summed E-state index contributed by atoms with van der Waals surface area (Å²) in [5.74, 6) is 2.16. The molecule has 1 spiro atoms. The smallest absolute Gasteiger partial charge is 0.308 e. The molecule has 1 fully saturated rings. The van der Waals surface area contributed by atoms with Crippen LogP contribution in [0.5, 0.6) is 23.0 Å². The molecule has 3 aliphatic rings. The molecule has 0 aromatic heterocycles. The van der Waals surface area contributed by atoms with Gasteiger partial charge in [-0.05, 0) is 97.7 Å². The normalized spacial score (nSPS) is 22.7. The lowest BCUT2D eigenvalue weighted by atomic mass is 9.58. The fourth-order valence-electron chi connectivity index (χ4n) is 9.20. The van der Waals surface area contributed by atoms with E-state index in [0.717, 1.165) is 36.2 Å². The quantitative estimate of drug-likeness (QED) is 0.167. The predicted octanol–water partition coefficient (Wildman–Crippen LogP) is 6.08. The summed E-state index contributed by atoms with van der Waals surface area (Å²) in [5.41, 5.74) is 5.04. The monoisotopic (exact) mass is 713 g/mol. The molecule has 1 amide bonds. The average molecular weight is 714 g/mol. The minimum atomic E-state index is -0.730. The van der Waals surface area contributed by atoms with E-state index in [1.165, 1.54) is 11.1 Å². The van der Waals surface area contributed by atoms with Crippen LogP contribution in [0.1, 0.15) is 73.4 Å². The molecular formula is C42H55N3O7. The van der Waals surface area contributed by atoms with Gasteiger partial charge in [0, 0.05) is 44.6 Å². The Balaban J connectivity index is 1.50. The van der Waals surface area contributed by atoms with Gasteiger partial charge in [-0.15, -0.1) is 0 Å². The number of rotatable bonds is 13. The zero-order valence-electron chi connectivity index (χ0n) is 31.7. The van der Waals surface area contributed by atoms with Gasteiger partial charge in [-0.3, -0.25) is 14.5 Å². The average Bonchev–Trinajstić information content (AvgIpc) is 3.18. The maximum absolute atomic E-state index is 14.8. The number of nitrogens with one attached hydrogen (secondary N) is 1. The van der Waals surface area contributed by atoms with E-state index in [9.17, 15) is 9.59 Å². The number of hydrogen-bond donors (Lipinski definition) is 1. The van der Waals surface area contributed by atoms with Crippen molar-refractivity contribution in [3.05, 3.63) is 82.4 Å². The molecule has 0 radical (unpaired) electrons. The fourth-order valence-corrected chi connectivity index (χ4v) is 9.20. The largest absolute Gasteiger partial charge is 0.493 e. The summed E-state index contributed by atoms with van der Waals surface area (Å²) in [6, 6.07) is 18.6. The highest BCUT2D eigenvalue weighted by molar-refractivity contribution is 5.79. The molecule has 52 heavy (non-hydrogen) atoms. The van der Waals surface area contributed by atoms with Gasteiger partial charge in [0.15, 0.2) is 23.0 Å². The summed E-state index contributed by atoms with van der Waals surface area (Å²) in [4.78, 5) is 33.1. The Morgan fingerprint density at radius 2 is 1.50 bits per heavy atom. The van der Waals surface area contributed by atoms with E-state index in [-0.39, 0.29) is 29.8 Å². The van der Waals surface area contributed by atoms with Crippen LogP contribution >= 0.6 is 0 Å². The van der Waals surface area contributed by atoms with Crippen LogP contribution in [-0.4, -0.2) is 82.9 Å². The first-order valence-corrected chi connectivity index (χ1v) is 18.8. The summed E-state index contributed by atoms with van der Waals surface area (Å²) in [6.07, 6.45) is 3.70. The van der Waals surface area contributed by atoms with Crippen LogP contribution in [-0.2, 0) is 39.3 Å². The number of carbonyl (C=O) groups excluding carboxylic acids is 2. The molecule has 280 valence electrons. The van der Waals surface area contributed by atoms with E-state index in [4.69, 9.17) is 23.7 Å². The molecule has 10 heteroatoms. The number of nitrogens with zero attached hydrogens (tertiary/aromatic N) is 2. The third-order valence-electron chi connectivity index (χ3n) is 11.6. The molecule has 0 bridgehead atoms. The van der Waals surface area contributed by atoms with Gasteiger partial charge in [-0.2, -0.15) is 0 Å². The van der Waals surface area contributed by atoms with Crippen molar-refractivity contribution in [3.8, 4) is 23.0 Å². The minimum absolute atomic E-state index is 0.104. The topological polar surface area (TPSA) is 98.8 Å². The van der Waals surface area contributed by atoms with Gasteiger partial charge in [-0.25, -0.2) is 0 Å². The Bertz CT molecular complexity index is 1720. The van der Waals surface area contributed by atoms with Crippen LogP contribution in [0.3, 0.4) is 0 Å². The number of ether oxygens (including phenoxy) is 5. The Hall–Kier alpha value is -4.28. The molecule has 2 heterocycles. The molecule has 4 unspecified atom stereocenters. The zero-order chi connectivity index (χ0) is 36.8. The Kier molecular flexibility index (Phi) is 12.0. The molecule has 3 aromatic carbocycles. The van der Waals surface area contributed by atoms with Gasteiger partial charge >= 0.3 is 5.97 Å². The van der Waals surface area contributed by atoms with Crippen molar-refractivity contribution >= 4 is 11.9 Å². The lowest BCUT2D eigenvalue weighted by Gasteiger charge is -2.59. The number of likely N-dealkylation sites (N-methyl/N-ethyl adjacent to an activating group) is 1. The third kappa shape index (κ3) is 7.07. The second-order valence-electron chi connectivity index (χ2n) is 14.1. The van der Waals surface area contributed by atoms with Gasteiger partial charge in [0.05, 0.1) is 46.5 Å².